The lowest BCUT2D eigenvalue weighted by atomic mass is 10.0. The van der Waals surface area contributed by atoms with Gasteiger partial charge in [0.25, 0.3) is 5.91 Å². The third-order valence-electron chi connectivity index (χ3n) is 4.25. The van der Waals surface area contributed by atoms with Crippen LogP contribution in [0.25, 0.3) is 0 Å². The third kappa shape index (κ3) is 4.35. The predicted octanol–water partition coefficient (Wildman–Crippen LogP) is 3.50. The van der Waals surface area contributed by atoms with Crippen molar-refractivity contribution in [3.8, 4) is 0 Å². The van der Waals surface area contributed by atoms with E-state index < -0.39 is 0 Å². The molecular weight excluding hydrogens is 359 g/mol. The summed E-state index contributed by atoms with van der Waals surface area (Å²) in [7, 11) is 0. The van der Waals surface area contributed by atoms with Gasteiger partial charge in [-0.25, -0.2) is 0 Å². The van der Waals surface area contributed by atoms with Crippen LogP contribution in [0.3, 0.4) is 0 Å². The van der Waals surface area contributed by atoms with Crippen LogP contribution in [0.15, 0.2) is 36.7 Å². The van der Waals surface area contributed by atoms with Crippen molar-refractivity contribution in [3.63, 3.8) is 0 Å². The van der Waals surface area contributed by atoms with Crippen LogP contribution < -0.4 is 5.32 Å². The second-order valence-corrected chi connectivity index (χ2v) is 7.55. The molecule has 1 atom stereocenters. The van der Waals surface area contributed by atoms with Crippen LogP contribution in [0.4, 0.5) is 0 Å². The maximum atomic E-state index is 13.0. The number of nitrogens with zero attached hydrogens (tertiary/aromatic N) is 3. The normalized spacial score (nSPS) is 17.9. The van der Waals surface area contributed by atoms with Crippen molar-refractivity contribution in [2.75, 3.05) is 19.6 Å². The quantitative estimate of drug-likeness (QED) is 0.864. The van der Waals surface area contributed by atoms with Crippen LogP contribution in [-0.2, 0) is 5.54 Å². The van der Waals surface area contributed by atoms with Crippen LogP contribution in [0.1, 0.15) is 42.7 Å². The molecule has 7 heteroatoms. The highest BCUT2D eigenvalue weighted by molar-refractivity contribution is 6.30. The SMILES string of the molecule is CC(C)(C)n1cc(C(=O)N2CCNCC2c2cccc(Cl)c2)cn1.Cl. The second kappa shape index (κ2) is 7.77. The van der Waals surface area contributed by atoms with Gasteiger partial charge >= 0.3 is 0 Å². The highest BCUT2D eigenvalue weighted by Crippen LogP contribution is 2.26. The minimum Gasteiger partial charge on any atom is -0.329 e. The van der Waals surface area contributed by atoms with Gasteiger partial charge in [0.2, 0.25) is 0 Å². The average molecular weight is 383 g/mol. The molecule has 136 valence electrons. The van der Waals surface area contributed by atoms with Gasteiger partial charge in [0.1, 0.15) is 0 Å². The molecule has 0 saturated carbocycles. The van der Waals surface area contributed by atoms with Gasteiger partial charge in [0.15, 0.2) is 0 Å². The van der Waals surface area contributed by atoms with Gasteiger partial charge < -0.3 is 10.2 Å². The number of carbonyl (C=O) groups excluding carboxylic acids is 1. The summed E-state index contributed by atoms with van der Waals surface area (Å²) in [5.41, 5.74) is 1.53. The molecule has 5 nitrogen and oxygen atoms in total. The van der Waals surface area contributed by atoms with E-state index in [0.717, 1.165) is 18.7 Å². The minimum atomic E-state index is -0.145. The standard InChI is InChI=1S/C18H23ClN4O.ClH/c1-18(2,3)23-12-14(10-21-23)17(24)22-8-7-20-11-16(22)13-5-4-6-15(19)9-13;/h4-6,9-10,12,16,20H,7-8,11H2,1-3H3;1H. The number of nitrogens with one attached hydrogen (secondary N) is 1. The van der Waals surface area contributed by atoms with E-state index in [4.69, 9.17) is 11.6 Å². The molecule has 1 aromatic carbocycles. The molecule has 1 aromatic heterocycles. The summed E-state index contributed by atoms with van der Waals surface area (Å²) in [5, 5.41) is 8.39. The summed E-state index contributed by atoms with van der Waals surface area (Å²) in [6.07, 6.45) is 3.49. The minimum absolute atomic E-state index is 0. The fourth-order valence-corrected chi connectivity index (χ4v) is 3.12. The molecule has 0 aliphatic carbocycles. The molecule has 1 N–H and O–H groups in total. The Morgan fingerprint density at radius 3 is 2.76 bits per heavy atom. The van der Waals surface area contributed by atoms with E-state index in [9.17, 15) is 4.79 Å². The Bertz CT molecular complexity index is 739. The van der Waals surface area contributed by atoms with Crippen molar-refractivity contribution >= 4 is 29.9 Å². The zero-order valence-electron chi connectivity index (χ0n) is 14.7. The first-order valence-electron chi connectivity index (χ1n) is 8.18. The van der Waals surface area contributed by atoms with E-state index in [1.165, 1.54) is 0 Å². The summed E-state index contributed by atoms with van der Waals surface area (Å²) in [6.45, 7) is 8.36. The van der Waals surface area contributed by atoms with Crippen molar-refractivity contribution in [2.45, 2.75) is 32.4 Å². The third-order valence-corrected chi connectivity index (χ3v) is 4.49. The fraction of sp³-hybridized carbons (Fsp3) is 0.444. The van der Waals surface area contributed by atoms with Gasteiger partial charge in [-0.15, -0.1) is 12.4 Å². The Hall–Kier alpha value is -1.56. The van der Waals surface area contributed by atoms with Gasteiger partial charge in [-0.3, -0.25) is 9.48 Å². The van der Waals surface area contributed by atoms with Crippen LogP contribution >= 0.6 is 24.0 Å². The molecule has 0 spiro atoms. The zero-order valence-corrected chi connectivity index (χ0v) is 16.3. The van der Waals surface area contributed by atoms with E-state index in [1.54, 1.807) is 6.20 Å². The lowest BCUT2D eigenvalue weighted by molar-refractivity contribution is 0.0634. The molecule has 1 unspecified atom stereocenters. The van der Waals surface area contributed by atoms with Crippen molar-refractivity contribution in [1.29, 1.82) is 0 Å². The number of aromatic nitrogens is 2. The second-order valence-electron chi connectivity index (χ2n) is 7.12. The molecule has 1 amide bonds. The molecular formula is C18H24Cl2N4O. The van der Waals surface area contributed by atoms with Crippen molar-refractivity contribution in [2.24, 2.45) is 0 Å². The number of halogens is 2. The van der Waals surface area contributed by atoms with E-state index in [2.05, 4.69) is 31.2 Å². The molecule has 3 rings (SSSR count). The topological polar surface area (TPSA) is 50.2 Å². The summed E-state index contributed by atoms with van der Waals surface area (Å²) in [6, 6.07) is 7.69. The van der Waals surface area contributed by atoms with Crippen LogP contribution in [0.2, 0.25) is 5.02 Å². The van der Waals surface area contributed by atoms with E-state index in [-0.39, 0.29) is 29.9 Å². The van der Waals surface area contributed by atoms with E-state index in [1.807, 2.05) is 40.0 Å². The predicted molar refractivity (Wildman–Crippen MR) is 103 cm³/mol. The van der Waals surface area contributed by atoms with E-state index in [0.29, 0.717) is 17.1 Å². The summed E-state index contributed by atoms with van der Waals surface area (Å²) >= 11 is 6.12. The highest BCUT2D eigenvalue weighted by Gasteiger charge is 2.30. The number of carbonyl (C=O) groups is 1. The summed E-state index contributed by atoms with van der Waals surface area (Å²) in [5.74, 6) is 0.0111. The number of rotatable bonds is 2. The lowest BCUT2D eigenvalue weighted by Crippen LogP contribution is -2.48. The molecule has 1 aliphatic rings. The summed E-state index contributed by atoms with van der Waals surface area (Å²) in [4.78, 5) is 14.9. The molecule has 0 radical (unpaired) electrons. The smallest absolute Gasteiger partial charge is 0.257 e. The molecule has 1 saturated heterocycles. The number of hydrogen-bond acceptors (Lipinski definition) is 3. The monoisotopic (exact) mass is 382 g/mol. The molecule has 2 aromatic rings. The first kappa shape index (κ1) is 19.8. The molecule has 1 aliphatic heterocycles. The molecule has 0 bridgehead atoms. The Labute approximate surface area is 159 Å². The molecule has 1 fully saturated rings. The van der Waals surface area contributed by atoms with Gasteiger partial charge in [0.05, 0.1) is 23.3 Å². The lowest BCUT2D eigenvalue weighted by Gasteiger charge is -2.36. The Kier molecular flexibility index (Phi) is 6.14. The van der Waals surface area contributed by atoms with Crippen molar-refractivity contribution in [3.05, 3.63) is 52.8 Å². The first-order chi connectivity index (χ1) is 11.4. The fourth-order valence-electron chi connectivity index (χ4n) is 2.92. The molecule has 2 heterocycles. The largest absolute Gasteiger partial charge is 0.329 e. The number of hydrogen-bond donors (Lipinski definition) is 1. The average Bonchev–Trinajstić information content (AvgIpc) is 3.04. The van der Waals surface area contributed by atoms with Crippen LogP contribution in [0.5, 0.6) is 0 Å². The number of amides is 1. The van der Waals surface area contributed by atoms with Gasteiger partial charge in [-0.05, 0) is 38.5 Å². The number of piperazine rings is 1. The number of benzene rings is 1. The van der Waals surface area contributed by atoms with Crippen LogP contribution in [-0.4, -0.2) is 40.2 Å². The maximum absolute atomic E-state index is 13.0. The highest BCUT2D eigenvalue weighted by atomic mass is 35.5. The first-order valence-corrected chi connectivity index (χ1v) is 8.56. The zero-order chi connectivity index (χ0) is 17.3. The van der Waals surface area contributed by atoms with Crippen LogP contribution in [0, 0.1) is 0 Å². The van der Waals surface area contributed by atoms with E-state index >= 15 is 0 Å². The Balaban J connectivity index is 0.00000225. The van der Waals surface area contributed by atoms with Crippen molar-refractivity contribution in [1.82, 2.24) is 20.0 Å². The van der Waals surface area contributed by atoms with Crippen molar-refractivity contribution < 1.29 is 4.79 Å². The van der Waals surface area contributed by atoms with Gasteiger partial charge in [-0.2, -0.15) is 5.10 Å². The summed E-state index contributed by atoms with van der Waals surface area (Å²) < 4.78 is 1.83. The maximum Gasteiger partial charge on any atom is 0.257 e. The van der Waals surface area contributed by atoms with Gasteiger partial charge in [-0.1, -0.05) is 23.7 Å². The Morgan fingerprint density at radius 2 is 2.12 bits per heavy atom. The van der Waals surface area contributed by atoms with Gasteiger partial charge in [0, 0.05) is 30.9 Å². The Morgan fingerprint density at radius 1 is 1.36 bits per heavy atom. The molecule has 25 heavy (non-hydrogen) atoms.